The fraction of sp³-hybridized carbons (Fsp3) is 0.500. The summed E-state index contributed by atoms with van der Waals surface area (Å²) >= 11 is 0. The van der Waals surface area contributed by atoms with Gasteiger partial charge in [-0.25, -0.2) is 0 Å². The minimum Gasteiger partial charge on any atom is -0.481 e. The van der Waals surface area contributed by atoms with E-state index in [1.807, 2.05) is 24.3 Å². The van der Waals surface area contributed by atoms with Gasteiger partial charge in [-0.3, -0.25) is 4.79 Å². The molecule has 0 aromatic heterocycles. The maximum atomic E-state index is 10.3. The minimum atomic E-state index is -0.682. The number of rotatable bonds is 12. The highest BCUT2D eigenvalue weighted by molar-refractivity contribution is 5.66. The van der Waals surface area contributed by atoms with Gasteiger partial charge in [0.2, 0.25) is 0 Å². The summed E-state index contributed by atoms with van der Waals surface area (Å²) in [6.07, 6.45) is 24.4. The van der Waals surface area contributed by atoms with Crippen LogP contribution < -0.4 is 0 Å². The van der Waals surface area contributed by atoms with Gasteiger partial charge in [-0.15, -0.1) is 0 Å². The Morgan fingerprint density at radius 2 is 1.35 bits per heavy atom. The van der Waals surface area contributed by atoms with Crippen molar-refractivity contribution in [1.29, 1.82) is 0 Å². The third-order valence-corrected chi connectivity index (χ3v) is 2.82. The topological polar surface area (TPSA) is 37.3 Å². The second kappa shape index (κ2) is 15.5. The summed E-state index contributed by atoms with van der Waals surface area (Å²) < 4.78 is 0. The van der Waals surface area contributed by atoms with Crippen LogP contribution in [0, 0.1) is 0 Å². The van der Waals surface area contributed by atoms with Crippen molar-refractivity contribution in [1.82, 2.24) is 0 Å². The molecule has 0 rings (SSSR count). The molecule has 2 heteroatoms. The molecule has 0 unspecified atom stereocenters. The van der Waals surface area contributed by atoms with Gasteiger partial charge in [-0.2, -0.15) is 0 Å². The number of hydrogen-bond donors (Lipinski definition) is 1. The zero-order valence-corrected chi connectivity index (χ0v) is 12.6. The third kappa shape index (κ3) is 16.4. The van der Waals surface area contributed by atoms with Gasteiger partial charge in [0.25, 0.3) is 0 Å². The first-order valence-corrected chi connectivity index (χ1v) is 7.64. The molecule has 0 aliphatic rings. The quantitative estimate of drug-likeness (QED) is 0.381. The molecule has 1 N–H and O–H groups in total. The highest BCUT2D eigenvalue weighted by Crippen LogP contribution is 2.07. The molecule has 20 heavy (non-hydrogen) atoms. The molecule has 0 aromatic carbocycles. The van der Waals surface area contributed by atoms with E-state index >= 15 is 0 Å². The van der Waals surface area contributed by atoms with Crippen LogP contribution in [0.1, 0.15) is 58.3 Å². The van der Waals surface area contributed by atoms with Gasteiger partial charge in [-0.1, -0.05) is 74.8 Å². The van der Waals surface area contributed by atoms with Crippen LogP contribution in [-0.2, 0) is 4.79 Å². The SMILES string of the molecule is CC\C=C/C=C\C=C/C=C\CCCCCCCC(=O)O. The molecule has 0 aromatic rings. The predicted molar refractivity (Wildman–Crippen MR) is 86.8 cm³/mol. The van der Waals surface area contributed by atoms with Crippen molar-refractivity contribution in [3.05, 3.63) is 48.6 Å². The molecule has 0 atom stereocenters. The van der Waals surface area contributed by atoms with E-state index in [0.29, 0.717) is 6.42 Å². The van der Waals surface area contributed by atoms with Crippen molar-refractivity contribution in [2.24, 2.45) is 0 Å². The van der Waals surface area contributed by atoms with Gasteiger partial charge in [0.15, 0.2) is 0 Å². The van der Waals surface area contributed by atoms with Crippen LogP contribution >= 0.6 is 0 Å². The second-order valence-corrected chi connectivity index (χ2v) is 4.73. The molecule has 0 bridgehead atoms. The molecule has 0 saturated heterocycles. The summed E-state index contributed by atoms with van der Waals surface area (Å²) in [5, 5.41) is 8.49. The number of unbranched alkanes of at least 4 members (excludes halogenated alkanes) is 5. The Kier molecular flexibility index (Phi) is 14.3. The van der Waals surface area contributed by atoms with Crippen molar-refractivity contribution in [2.45, 2.75) is 58.3 Å². The summed E-state index contributed by atoms with van der Waals surface area (Å²) in [5.74, 6) is -0.682. The molecule has 0 spiro atoms. The molecule has 0 fully saturated rings. The molecule has 2 nitrogen and oxygen atoms in total. The van der Waals surface area contributed by atoms with Crippen molar-refractivity contribution in [3.8, 4) is 0 Å². The monoisotopic (exact) mass is 276 g/mol. The Labute approximate surface area is 123 Å². The Balaban J connectivity index is 3.35. The van der Waals surface area contributed by atoms with Crippen LogP contribution in [0.25, 0.3) is 0 Å². The minimum absolute atomic E-state index is 0.311. The van der Waals surface area contributed by atoms with Crippen LogP contribution in [0.2, 0.25) is 0 Å². The molecule has 0 amide bonds. The lowest BCUT2D eigenvalue weighted by atomic mass is 10.1. The molecule has 0 heterocycles. The van der Waals surface area contributed by atoms with E-state index in [1.54, 1.807) is 0 Å². The number of carbonyl (C=O) groups is 1. The summed E-state index contributed by atoms with van der Waals surface area (Å²) in [4.78, 5) is 10.3. The average Bonchev–Trinajstić information content (AvgIpc) is 2.43. The summed E-state index contributed by atoms with van der Waals surface area (Å²) in [5.41, 5.74) is 0. The molecule has 0 aliphatic carbocycles. The van der Waals surface area contributed by atoms with E-state index in [4.69, 9.17) is 5.11 Å². The number of aliphatic carboxylic acids is 1. The largest absolute Gasteiger partial charge is 0.481 e. The van der Waals surface area contributed by atoms with Crippen LogP contribution in [0.5, 0.6) is 0 Å². The maximum Gasteiger partial charge on any atom is 0.303 e. The van der Waals surface area contributed by atoms with E-state index in [1.165, 1.54) is 12.8 Å². The van der Waals surface area contributed by atoms with E-state index < -0.39 is 5.97 Å². The molecular weight excluding hydrogens is 248 g/mol. The smallest absolute Gasteiger partial charge is 0.303 e. The molecular formula is C18H28O2. The van der Waals surface area contributed by atoms with Gasteiger partial charge in [0.05, 0.1) is 0 Å². The first-order valence-electron chi connectivity index (χ1n) is 7.64. The summed E-state index contributed by atoms with van der Waals surface area (Å²) in [7, 11) is 0. The lowest BCUT2D eigenvalue weighted by Gasteiger charge is -1.97. The van der Waals surface area contributed by atoms with Gasteiger partial charge >= 0.3 is 5.97 Å². The highest BCUT2D eigenvalue weighted by Gasteiger charge is 1.95. The van der Waals surface area contributed by atoms with Crippen molar-refractivity contribution >= 4 is 5.97 Å². The number of hydrogen-bond acceptors (Lipinski definition) is 1. The van der Waals surface area contributed by atoms with Gasteiger partial charge in [0, 0.05) is 6.42 Å². The first kappa shape index (κ1) is 18.4. The Morgan fingerprint density at radius 3 is 2.00 bits per heavy atom. The van der Waals surface area contributed by atoms with Gasteiger partial charge < -0.3 is 5.11 Å². The Morgan fingerprint density at radius 1 is 0.800 bits per heavy atom. The zero-order valence-electron chi connectivity index (χ0n) is 12.6. The zero-order chi connectivity index (χ0) is 14.9. The summed E-state index contributed by atoms with van der Waals surface area (Å²) in [6.45, 7) is 2.12. The fourth-order valence-corrected chi connectivity index (χ4v) is 1.71. The van der Waals surface area contributed by atoms with Gasteiger partial charge in [-0.05, 0) is 25.7 Å². The average molecular weight is 276 g/mol. The number of allylic oxidation sites excluding steroid dienone is 8. The van der Waals surface area contributed by atoms with E-state index in [2.05, 4.69) is 31.2 Å². The van der Waals surface area contributed by atoms with Crippen LogP contribution in [-0.4, -0.2) is 11.1 Å². The fourth-order valence-electron chi connectivity index (χ4n) is 1.71. The van der Waals surface area contributed by atoms with Crippen molar-refractivity contribution in [3.63, 3.8) is 0 Å². The Bertz CT molecular complexity index is 335. The highest BCUT2D eigenvalue weighted by atomic mass is 16.4. The molecule has 0 aliphatic heterocycles. The normalized spacial score (nSPS) is 12.4. The summed E-state index contributed by atoms with van der Waals surface area (Å²) in [6, 6.07) is 0. The first-order chi connectivity index (χ1) is 9.77. The van der Waals surface area contributed by atoms with E-state index in [9.17, 15) is 4.79 Å². The van der Waals surface area contributed by atoms with Crippen LogP contribution in [0.15, 0.2) is 48.6 Å². The molecule has 0 radical (unpaired) electrons. The van der Waals surface area contributed by atoms with Crippen molar-refractivity contribution in [2.75, 3.05) is 0 Å². The number of carboxylic acids is 1. The third-order valence-electron chi connectivity index (χ3n) is 2.82. The predicted octanol–water partition coefficient (Wildman–Crippen LogP) is 5.44. The molecule has 0 saturated carbocycles. The maximum absolute atomic E-state index is 10.3. The Hall–Kier alpha value is -1.57. The number of carboxylic acid groups (broad SMARTS) is 1. The van der Waals surface area contributed by atoms with Crippen LogP contribution in [0.3, 0.4) is 0 Å². The van der Waals surface area contributed by atoms with Gasteiger partial charge in [0.1, 0.15) is 0 Å². The lowest BCUT2D eigenvalue weighted by molar-refractivity contribution is -0.137. The standard InChI is InChI=1S/C18H28O2/c1-2-3-4-5-6-7-8-9-10-11-12-13-14-15-16-17-18(19)20/h3-10H,2,11-17H2,1H3,(H,19,20)/b4-3-,6-5-,8-7-,10-9-. The molecule has 112 valence electrons. The van der Waals surface area contributed by atoms with Crippen LogP contribution in [0.4, 0.5) is 0 Å². The van der Waals surface area contributed by atoms with E-state index in [0.717, 1.165) is 32.1 Å². The lowest BCUT2D eigenvalue weighted by Crippen LogP contribution is -1.93. The van der Waals surface area contributed by atoms with E-state index in [-0.39, 0.29) is 0 Å². The van der Waals surface area contributed by atoms with Crippen molar-refractivity contribution < 1.29 is 9.90 Å². The second-order valence-electron chi connectivity index (χ2n) is 4.73.